The van der Waals surface area contributed by atoms with E-state index in [1.54, 1.807) is 0 Å². The first kappa shape index (κ1) is 20.6. The number of nitrogens with one attached hydrogen (secondary N) is 1. The Morgan fingerprint density at radius 3 is 2.61 bits per heavy atom. The lowest BCUT2D eigenvalue weighted by Crippen LogP contribution is -2.59. The van der Waals surface area contributed by atoms with Crippen molar-refractivity contribution in [3.8, 4) is 5.75 Å². The highest BCUT2D eigenvalue weighted by Crippen LogP contribution is 2.24. The summed E-state index contributed by atoms with van der Waals surface area (Å²) in [5.41, 5.74) is 3.29. The molecular weight excluding hydrogens is 348 g/mol. The summed E-state index contributed by atoms with van der Waals surface area (Å²) in [5.74, 6) is 1.51. The maximum atomic E-state index is 9.93. The molecule has 1 aliphatic heterocycles. The number of anilines is 1. The largest absolute Gasteiger partial charge is 0.507 e. The lowest BCUT2D eigenvalue weighted by Gasteiger charge is -2.42. The van der Waals surface area contributed by atoms with E-state index in [0.29, 0.717) is 11.9 Å². The van der Waals surface area contributed by atoms with Gasteiger partial charge >= 0.3 is 0 Å². The average Bonchev–Trinajstić information content (AvgIpc) is 2.71. The van der Waals surface area contributed by atoms with Gasteiger partial charge in [0.1, 0.15) is 11.6 Å². The Morgan fingerprint density at radius 1 is 1.14 bits per heavy atom. The average molecular weight is 383 g/mol. The molecule has 28 heavy (non-hydrogen) atoms. The van der Waals surface area contributed by atoms with Crippen LogP contribution >= 0.6 is 0 Å². The number of piperazine rings is 1. The summed E-state index contributed by atoms with van der Waals surface area (Å²) in [6.45, 7) is 11.3. The highest BCUT2D eigenvalue weighted by Gasteiger charge is 2.26. The molecule has 3 rings (SSSR count). The zero-order valence-corrected chi connectivity index (χ0v) is 17.5. The van der Waals surface area contributed by atoms with Gasteiger partial charge in [0.2, 0.25) is 0 Å². The Bertz CT molecular complexity index is 727. The van der Waals surface area contributed by atoms with Crippen LogP contribution in [-0.4, -0.2) is 53.9 Å². The highest BCUT2D eigenvalue weighted by molar-refractivity contribution is 5.42. The molecular formula is C23H34N4O. The van der Waals surface area contributed by atoms with Crippen molar-refractivity contribution in [3.05, 3.63) is 53.2 Å². The predicted octanol–water partition coefficient (Wildman–Crippen LogP) is 3.48. The Labute approximate surface area is 169 Å². The second kappa shape index (κ2) is 9.89. The van der Waals surface area contributed by atoms with Crippen LogP contribution < -0.4 is 10.2 Å². The molecule has 2 aromatic rings. The summed E-state index contributed by atoms with van der Waals surface area (Å²) < 4.78 is 0. The highest BCUT2D eigenvalue weighted by atomic mass is 16.3. The summed E-state index contributed by atoms with van der Waals surface area (Å²) in [6, 6.07) is 10.4. The Morgan fingerprint density at radius 2 is 1.93 bits per heavy atom. The molecule has 0 radical (unpaired) electrons. The van der Waals surface area contributed by atoms with E-state index in [1.807, 2.05) is 26.1 Å². The molecule has 0 spiro atoms. The van der Waals surface area contributed by atoms with Gasteiger partial charge in [0, 0.05) is 25.8 Å². The summed E-state index contributed by atoms with van der Waals surface area (Å²) >= 11 is 0. The monoisotopic (exact) mass is 382 g/mol. The van der Waals surface area contributed by atoms with Crippen molar-refractivity contribution in [2.75, 3.05) is 37.6 Å². The molecule has 1 aromatic heterocycles. The maximum absolute atomic E-state index is 9.93. The number of hydrogen-bond acceptors (Lipinski definition) is 5. The van der Waals surface area contributed by atoms with Crippen LogP contribution in [0.2, 0.25) is 0 Å². The minimum atomic E-state index is 0.374. The van der Waals surface area contributed by atoms with E-state index < -0.39 is 0 Å². The first-order valence-electron chi connectivity index (χ1n) is 10.5. The molecule has 5 heteroatoms. The number of likely N-dealkylation sites (N-methyl/N-ethyl adjacent to an activating group) is 1. The number of phenols is 1. The van der Waals surface area contributed by atoms with E-state index >= 15 is 0 Å². The van der Waals surface area contributed by atoms with Crippen molar-refractivity contribution in [3.63, 3.8) is 0 Å². The van der Waals surface area contributed by atoms with Gasteiger partial charge in [-0.15, -0.1) is 0 Å². The van der Waals surface area contributed by atoms with Gasteiger partial charge in [-0.3, -0.25) is 4.90 Å². The van der Waals surface area contributed by atoms with Gasteiger partial charge in [-0.05, 0) is 75.0 Å². The SMILES string of the molecule is CCNC1CN(c2ccccn2)CCN1CCCCc1cc(C)c(O)c(C)c1. The van der Waals surface area contributed by atoms with Crippen LogP contribution in [-0.2, 0) is 6.42 Å². The normalized spacial score (nSPS) is 17.8. The molecule has 0 aliphatic carbocycles. The van der Waals surface area contributed by atoms with Gasteiger partial charge in [-0.1, -0.05) is 25.1 Å². The number of aromatic hydroxyl groups is 1. The van der Waals surface area contributed by atoms with Gasteiger partial charge in [0.25, 0.3) is 0 Å². The standard InChI is InChI=1S/C23H34N4O/c1-4-24-22-17-27(21-10-5-7-11-25-21)14-13-26(22)12-8-6-9-20-15-18(2)23(28)19(3)16-20/h5,7,10-11,15-16,22,24,28H,4,6,8-9,12-14,17H2,1-3H3. The smallest absolute Gasteiger partial charge is 0.128 e. The molecule has 1 saturated heterocycles. The Hall–Kier alpha value is -2.11. The van der Waals surface area contributed by atoms with Gasteiger partial charge in [0.05, 0.1) is 6.17 Å². The number of phenolic OH excluding ortho intramolecular Hbond substituents is 1. The zero-order valence-electron chi connectivity index (χ0n) is 17.5. The fourth-order valence-electron chi connectivity index (χ4n) is 4.10. The van der Waals surface area contributed by atoms with E-state index in [1.165, 1.54) is 18.4 Å². The topological polar surface area (TPSA) is 51.6 Å². The Kier molecular flexibility index (Phi) is 7.29. The fraction of sp³-hybridized carbons (Fsp3) is 0.522. The summed E-state index contributed by atoms with van der Waals surface area (Å²) in [7, 11) is 0. The van der Waals surface area contributed by atoms with E-state index in [0.717, 1.165) is 56.1 Å². The van der Waals surface area contributed by atoms with Crippen molar-refractivity contribution < 1.29 is 5.11 Å². The van der Waals surface area contributed by atoms with Crippen molar-refractivity contribution in [2.24, 2.45) is 0 Å². The molecule has 1 atom stereocenters. The predicted molar refractivity (Wildman–Crippen MR) is 116 cm³/mol. The third-order valence-corrected chi connectivity index (χ3v) is 5.62. The second-order valence-electron chi connectivity index (χ2n) is 7.78. The second-order valence-corrected chi connectivity index (χ2v) is 7.78. The van der Waals surface area contributed by atoms with E-state index in [2.05, 4.69) is 51.3 Å². The van der Waals surface area contributed by atoms with Gasteiger partial charge < -0.3 is 15.3 Å². The van der Waals surface area contributed by atoms with Crippen LogP contribution in [0.5, 0.6) is 5.75 Å². The van der Waals surface area contributed by atoms with Crippen molar-refractivity contribution in [1.82, 2.24) is 15.2 Å². The molecule has 1 aromatic carbocycles. The van der Waals surface area contributed by atoms with Crippen LogP contribution in [0.25, 0.3) is 0 Å². The van der Waals surface area contributed by atoms with Crippen LogP contribution in [0.4, 0.5) is 5.82 Å². The molecule has 152 valence electrons. The first-order valence-corrected chi connectivity index (χ1v) is 10.5. The molecule has 2 heterocycles. The van der Waals surface area contributed by atoms with Gasteiger partial charge in [-0.2, -0.15) is 0 Å². The summed E-state index contributed by atoms with van der Waals surface area (Å²) in [6.07, 6.45) is 5.67. The molecule has 0 amide bonds. The number of benzene rings is 1. The molecule has 0 bridgehead atoms. The lowest BCUT2D eigenvalue weighted by molar-refractivity contribution is 0.146. The minimum Gasteiger partial charge on any atom is -0.507 e. The van der Waals surface area contributed by atoms with Crippen molar-refractivity contribution >= 4 is 5.82 Å². The third kappa shape index (κ3) is 5.24. The molecule has 1 unspecified atom stereocenters. The number of hydrogen-bond donors (Lipinski definition) is 2. The van der Waals surface area contributed by atoms with E-state index in [9.17, 15) is 5.11 Å². The molecule has 1 fully saturated rings. The van der Waals surface area contributed by atoms with Crippen LogP contribution in [0.3, 0.4) is 0 Å². The van der Waals surface area contributed by atoms with Crippen LogP contribution in [0.15, 0.2) is 36.5 Å². The van der Waals surface area contributed by atoms with Crippen LogP contribution in [0, 0.1) is 13.8 Å². The number of nitrogens with zero attached hydrogens (tertiary/aromatic N) is 3. The summed E-state index contributed by atoms with van der Waals surface area (Å²) in [4.78, 5) is 9.47. The number of aryl methyl sites for hydroxylation is 3. The zero-order chi connectivity index (χ0) is 19.9. The Balaban J connectivity index is 1.49. The van der Waals surface area contributed by atoms with E-state index in [4.69, 9.17) is 0 Å². The molecule has 2 N–H and O–H groups in total. The van der Waals surface area contributed by atoms with Crippen LogP contribution in [0.1, 0.15) is 36.5 Å². The number of aromatic nitrogens is 1. The lowest BCUT2D eigenvalue weighted by atomic mass is 10.0. The fourth-order valence-corrected chi connectivity index (χ4v) is 4.10. The maximum Gasteiger partial charge on any atom is 0.128 e. The van der Waals surface area contributed by atoms with Gasteiger partial charge in [0.15, 0.2) is 0 Å². The number of rotatable bonds is 8. The van der Waals surface area contributed by atoms with Crippen molar-refractivity contribution in [2.45, 2.75) is 46.2 Å². The first-order chi connectivity index (χ1) is 13.6. The summed E-state index contributed by atoms with van der Waals surface area (Å²) in [5, 5.41) is 13.6. The molecule has 1 aliphatic rings. The minimum absolute atomic E-state index is 0.374. The third-order valence-electron chi connectivity index (χ3n) is 5.62. The number of pyridine rings is 1. The van der Waals surface area contributed by atoms with Gasteiger partial charge in [-0.25, -0.2) is 4.98 Å². The quantitative estimate of drug-likeness (QED) is 0.685. The molecule has 5 nitrogen and oxygen atoms in total. The molecule has 0 saturated carbocycles. The van der Waals surface area contributed by atoms with Crippen molar-refractivity contribution in [1.29, 1.82) is 0 Å². The van der Waals surface area contributed by atoms with E-state index in [-0.39, 0.29) is 0 Å². The number of unbranched alkanes of at least 4 members (excludes halogenated alkanes) is 1.